The molecule has 1 aromatic carbocycles. The predicted octanol–water partition coefficient (Wildman–Crippen LogP) is 2.79. The fraction of sp³-hybridized carbons (Fsp3) is 0.357. The van der Waals surface area contributed by atoms with Gasteiger partial charge >= 0.3 is 0 Å². The Labute approximate surface area is 117 Å². The second kappa shape index (κ2) is 6.14. The first-order valence-corrected chi connectivity index (χ1v) is 7.07. The lowest BCUT2D eigenvalue weighted by Gasteiger charge is -2.20. The lowest BCUT2D eigenvalue weighted by molar-refractivity contribution is 0.238. The maximum Gasteiger partial charge on any atom is 0.124 e. The first-order valence-electron chi connectivity index (χ1n) is 6.26. The highest BCUT2D eigenvalue weighted by Gasteiger charge is 2.19. The van der Waals surface area contributed by atoms with Crippen molar-refractivity contribution < 1.29 is 4.74 Å². The lowest BCUT2D eigenvalue weighted by Crippen LogP contribution is -2.28. The van der Waals surface area contributed by atoms with E-state index in [4.69, 9.17) is 10.6 Å². The summed E-state index contributed by atoms with van der Waals surface area (Å²) in [7, 11) is 0. The quantitative estimate of drug-likeness (QED) is 0.651. The summed E-state index contributed by atoms with van der Waals surface area (Å²) in [6.45, 7) is 6.01. The third-order valence-corrected chi connectivity index (χ3v) is 3.66. The average molecular weight is 277 g/mol. The van der Waals surface area contributed by atoms with Gasteiger partial charge in [0.25, 0.3) is 0 Å². The maximum absolute atomic E-state index is 5.85. The second-order valence-electron chi connectivity index (χ2n) is 4.59. The molecule has 102 valence electrons. The Morgan fingerprint density at radius 3 is 2.63 bits per heavy atom. The molecule has 0 bridgehead atoms. The third-order valence-electron chi connectivity index (χ3n) is 2.68. The summed E-state index contributed by atoms with van der Waals surface area (Å²) in [6, 6.07) is 7.85. The van der Waals surface area contributed by atoms with Crippen molar-refractivity contribution in [1.29, 1.82) is 0 Å². The van der Waals surface area contributed by atoms with E-state index >= 15 is 0 Å². The van der Waals surface area contributed by atoms with Gasteiger partial charge in [-0.3, -0.25) is 5.84 Å². The Morgan fingerprint density at radius 2 is 2.05 bits per heavy atom. The number of rotatable bonds is 5. The van der Waals surface area contributed by atoms with Gasteiger partial charge in [-0.15, -0.1) is 11.3 Å². The van der Waals surface area contributed by atoms with Gasteiger partial charge in [-0.25, -0.2) is 10.4 Å². The fourth-order valence-electron chi connectivity index (χ4n) is 1.92. The van der Waals surface area contributed by atoms with E-state index in [1.807, 2.05) is 51.2 Å². The van der Waals surface area contributed by atoms with E-state index in [1.54, 1.807) is 11.3 Å². The van der Waals surface area contributed by atoms with Crippen LogP contribution in [0.2, 0.25) is 0 Å². The Kier molecular flexibility index (Phi) is 4.52. The Bertz CT molecular complexity index is 539. The standard InChI is InChI=1S/C14H19N3OS/c1-9(2)18-12-7-5-4-6-11(12)14(17-15)13-8-16-10(3)19-13/h4-9,14,17H,15H2,1-3H3. The number of para-hydroxylation sites is 1. The lowest BCUT2D eigenvalue weighted by atomic mass is 10.1. The van der Waals surface area contributed by atoms with E-state index in [0.717, 1.165) is 21.2 Å². The number of hydrogen-bond donors (Lipinski definition) is 2. The molecule has 0 saturated carbocycles. The van der Waals surface area contributed by atoms with E-state index in [-0.39, 0.29) is 12.1 Å². The minimum atomic E-state index is -0.0962. The van der Waals surface area contributed by atoms with Crippen LogP contribution in [0.5, 0.6) is 5.75 Å². The minimum Gasteiger partial charge on any atom is -0.491 e. The maximum atomic E-state index is 5.85. The van der Waals surface area contributed by atoms with Gasteiger partial charge in [-0.1, -0.05) is 18.2 Å². The van der Waals surface area contributed by atoms with Crippen LogP contribution in [-0.4, -0.2) is 11.1 Å². The van der Waals surface area contributed by atoms with Crippen LogP contribution in [0.1, 0.15) is 35.3 Å². The van der Waals surface area contributed by atoms with Crippen molar-refractivity contribution in [3.63, 3.8) is 0 Å². The van der Waals surface area contributed by atoms with Gasteiger partial charge in [-0.05, 0) is 26.8 Å². The molecule has 0 saturated heterocycles. The summed E-state index contributed by atoms with van der Waals surface area (Å²) in [5, 5.41) is 1.03. The van der Waals surface area contributed by atoms with E-state index in [9.17, 15) is 0 Å². The number of nitrogens with two attached hydrogens (primary N) is 1. The molecular formula is C14H19N3OS. The number of aryl methyl sites for hydroxylation is 1. The fourth-order valence-corrected chi connectivity index (χ4v) is 2.78. The molecule has 0 amide bonds. The van der Waals surface area contributed by atoms with Gasteiger partial charge < -0.3 is 4.74 Å². The molecule has 2 aromatic rings. The summed E-state index contributed by atoms with van der Waals surface area (Å²) in [5.41, 5.74) is 3.88. The molecule has 2 rings (SSSR count). The van der Waals surface area contributed by atoms with E-state index in [2.05, 4.69) is 10.4 Å². The molecule has 0 fully saturated rings. The van der Waals surface area contributed by atoms with Crippen LogP contribution in [0.3, 0.4) is 0 Å². The van der Waals surface area contributed by atoms with Crippen LogP contribution < -0.4 is 16.0 Å². The predicted molar refractivity (Wildman–Crippen MR) is 78.2 cm³/mol. The molecule has 0 aliphatic rings. The van der Waals surface area contributed by atoms with Crippen LogP contribution in [0.25, 0.3) is 0 Å². The van der Waals surface area contributed by atoms with Crippen LogP contribution in [0.4, 0.5) is 0 Å². The molecule has 1 heterocycles. The van der Waals surface area contributed by atoms with Crippen molar-refractivity contribution in [2.24, 2.45) is 5.84 Å². The van der Waals surface area contributed by atoms with E-state index in [1.165, 1.54) is 0 Å². The molecule has 0 aliphatic heterocycles. The average Bonchev–Trinajstić information content (AvgIpc) is 2.78. The SMILES string of the molecule is Cc1ncc(C(NN)c2ccccc2OC(C)C)s1. The molecule has 1 aromatic heterocycles. The Balaban J connectivity index is 2.38. The topological polar surface area (TPSA) is 60.2 Å². The molecule has 5 heteroatoms. The number of hydrazine groups is 1. The number of ether oxygens (including phenoxy) is 1. The van der Waals surface area contributed by atoms with E-state index in [0.29, 0.717) is 0 Å². The zero-order chi connectivity index (χ0) is 13.8. The summed E-state index contributed by atoms with van der Waals surface area (Å²) in [5.74, 6) is 6.57. The third kappa shape index (κ3) is 3.32. The molecule has 3 N–H and O–H groups in total. The van der Waals surface area contributed by atoms with Gasteiger partial charge in [0.2, 0.25) is 0 Å². The Hall–Kier alpha value is -1.43. The molecule has 0 spiro atoms. The van der Waals surface area contributed by atoms with Crippen molar-refractivity contribution in [2.75, 3.05) is 0 Å². The second-order valence-corrected chi connectivity index (χ2v) is 5.85. The molecule has 1 unspecified atom stereocenters. The van der Waals surface area contributed by atoms with Crippen LogP contribution in [0, 0.1) is 6.92 Å². The van der Waals surface area contributed by atoms with Crippen molar-refractivity contribution in [3.8, 4) is 5.75 Å². The van der Waals surface area contributed by atoms with Crippen LogP contribution in [-0.2, 0) is 0 Å². The summed E-state index contributed by atoms with van der Waals surface area (Å²) < 4.78 is 5.85. The molecule has 0 radical (unpaired) electrons. The molecule has 4 nitrogen and oxygen atoms in total. The first kappa shape index (κ1) is 14.0. The van der Waals surface area contributed by atoms with Crippen molar-refractivity contribution >= 4 is 11.3 Å². The smallest absolute Gasteiger partial charge is 0.124 e. The number of hydrogen-bond acceptors (Lipinski definition) is 5. The number of nitrogens with zero attached hydrogens (tertiary/aromatic N) is 1. The van der Waals surface area contributed by atoms with Gasteiger partial charge in [0, 0.05) is 16.6 Å². The summed E-state index contributed by atoms with van der Waals surface area (Å²) in [6.07, 6.45) is 1.99. The molecule has 19 heavy (non-hydrogen) atoms. The first-order chi connectivity index (χ1) is 9.11. The van der Waals surface area contributed by atoms with Gasteiger partial charge in [-0.2, -0.15) is 0 Å². The monoisotopic (exact) mass is 277 g/mol. The number of benzene rings is 1. The van der Waals surface area contributed by atoms with Gasteiger partial charge in [0.1, 0.15) is 5.75 Å². The van der Waals surface area contributed by atoms with Crippen molar-refractivity contribution in [3.05, 3.63) is 45.9 Å². The largest absolute Gasteiger partial charge is 0.491 e. The number of aromatic nitrogens is 1. The number of thiazole rings is 1. The molecule has 1 atom stereocenters. The zero-order valence-corrected chi connectivity index (χ0v) is 12.2. The highest BCUT2D eigenvalue weighted by molar-refractivity contribution is 7.11. The normalized spacial score (nSPS) is 12.7. The van der Waals surface area contributed by atoms with Gasteiger partial charge in [0.05, 0.1) is 17.2 Å². The van der Waals surface area contributed by atoms with E-state index < -0.39 is 0 Å². The zero-order valence-electron chi connectivity index (χ0n) is 11.4. The number of nitrogens with one attached hydrogen (secondary N) is 1. The highest BCUT2D eigenvalue weighted by atomic mass is 32.1. The Morgan fingerprint density at radius 1 is 1.32 bits per heavy atom. The summed E-state index contributed by atoms with van der Waals surface area (Å²) >= 11 is 1.63. The highest BCUT2D eigenvalue weighted by Crippen LogP contribution is 2.32. The summed E-state index contributed by atoms with van der Waals surface area (Å²) in [4.78, 5) is 5.37. The minimum absolute atomic E-state index is 0.0962. The molecular weight excluding hydrogens is 258 g/mol. The van der Waals surface area contributed by atoms with Crippen molar-refractivity contribution in [2.45, 2.75) is 32.9 Å². The molecule has 0 aliphatic carbocycles. The van der Waals surface area contributed by atoms with Crippen molar-refractivity contribution in [1.82, 2.24) is 10.4 Å². The van der Waals surface area contributed by atoms with Crippen LogP contribution in [0.15, 0.2) is 30.5 Å². The van der Waals surface area contributed by atoms with Gasteiger partial charge in [0.15, 0.2) is 0 Å². The van der Waals surface area contributed by atoms with Crippen LogP contribution >= 0.6 is 11.3 Å².